The van der Waals surface area contributed by atoms with Crippen LogP contribution in [-0.2, 0) is 0 Å². The van der Waals surface area contributed by atoms with Crippen molar-refractivity contribution in [2.45, 2.75) is 6.92 Å². The summed E-state index contributed by atoms with van der Waals surface area (Å²) in [5.74, 6) is 0. The summed E-state index contributed by atoms with van der Waals surface area (Å²) in [6, 6.07) is 12.1. The van der Waals surface area contributed by atoms with Crippen LogP contribution < -0.4 is 0 Å². The minimum atomic E-state index is 0.845. The summed E-state index contributed by atoms with van der Waals surface area (Å²) in [6.45, 7) is 2.02. The van der Waals surface area contributed by atoms with Crippen molar-refractivity contribution in [2.75, 3.05) is 0 Å². The van der Waals surface area contributed by atoms with E-state index < -0.39 is 0 Å². The highest BCUT2D eigenvalue weighted by Crippen LogP contribution is 2.33. The Balaban J connectivity index is 2.07. The molecule has 0 aliphatic rings. The van der Waals surface area contributed by atoms with Crippen molar-refractivity contribution in [3.05, 3.63) is 60.6 Å². The molecule has 3 heteroatoms. The van der Waals surface area contributed by atoms with E-state index >= 15 is 0 Å². The predicted octanol–water partition coefficient (Wildman–Crippen LogP) is 4.35. The minimum Gasteiger partial charge on any atom is -0.455 e. The third-order valence-corrected chi connectivity index (χ3v) is 3.47. The molecule has 0 bridgehead atoms. The number of pyridine rings is 2. The lowest BCUT2D eigenvalue weighted by atomic mass is 10.1. The van der Waals surface area contributed by atoms with Crippen molar-refractivity contribution >= 4 is 21.9 Å². The summed E-state index contributed by atoms with van der Waals surface area (Å²) in [6.07, 6.45) is 5.51. The molecule has 96 valence electrons. The molecule has 0 atom stereocenters. The van der Waals surface area contributed by atoms with E-state index in [4.69, 9.17) is 4.42 Å². The van der Waals surface area contributed by atoms with Crippen molar-refractivity contribution in [1.29, 1.82) is 0 Å². The minimum absolute atomic E-state index is 0.845. The maximum Gasteiger partial charge on any atom is 0.147 e. The van der Waals surface area contributed by atoms with Crippen molar-refractivity contribution < 1.29 is 4.42 Å². The lowest BCUT2D eigenvalue weighted by Gasteiger charge is -2.01. The largest absolute Gasteiger partial charge is 0.455 e. The highest BCUT2D eigenvalue weighted by atomic mass is 16.3. The van der Waals surface area contributed by atoms with Crippen molar-refractivity contribution in [3.8, 4) is 11.3 Å². The van der Waals surface area contributed by atoms with Crippen LogP contribution in [0, 0.1) is 6.92 Å². The van der Waals surface area contributed by atoms with Gasteiger partial charge in [0.15, 0.2) is 0 Å². The number of hydrogen-bond donors (Lipinski definition) is 0. The van der Waals surface area contributed by atoms with Gasteiger partial charge in [-0.1, -0.05) is 24.3 Å². The predicted molar refractivity (Wildman–Crippen MR) is 79.5 cm³/mol. The number of fused-ring (bicyclic) bond motifs is 3. The van der Waals surface area contributed by atoms with Crippen LogP contribution in [-0.4, -0.2) is 9.97 Å². The molecular weight excluding hydrogens is 248 g/mol. The second-order valence-electron chi connectivity index (χ2n) is 4.88. The molecule has 4 rings (SSSR count). The highest BCUT2D eigenvalue weighted by molar-refractivity contribution is 6.08. The van der Waals surface area contributed by atoms with Gasteiger partial charge in [0.1, 0.15) is 11.2 Å². The van der Waals surface area contributed by atoms with Gasteiger partial charge in [-0.15, -0.1) is 0 Å². The Morgan fingerprint density at radius 1 is 0.900 bits per heavy atom. The van der Waals surface area contributed by atoms with E-state index in [2.05, 4.69) is 16.0 Å². The Bertz CT molecular complexity index is 907. The standard InChI is InChI=1S/C17H12N2O/c1-11-6-7-15(19-8-11)14-10-18-9-13-12-4-2-3-5-16(12)20-17(13)14/h2-10H,1H3. The first-order valence-corrected chi connectivity index (χ1v) is 6.51. The third kappa shape index (κ3) is 1.60. The maximum absolute atomic E-state index is 5.99. The SMILES string of the molecule is Cc1ccc(-c2cncc3c2oc2ccccc23)nc1. The van der Waals surface area contributed by atoms with Gasteiger partial charge in [-0.3, -0.25) is 9.97 Å². The molecule has 0 amide bonds. The summed E-state index contributed by atoms with van der Waals surface area (Å²) in [5, 5.41) is 2.12. The van der Waals surface area contributed by atoms with Crippen LogP contribution in [0.3, 0.4) is 0 Å². The van der Waals surface area contributed by atoms with Crippen molar-refractivity contribution in [1.82, 2.24) is 9.97 Å². The van der Waals surface area contributed by atoms with E-state index in [0.29, 0.717) is 0 Å². The monoisotopic (exact) mass is 260 g/mol. The van der Waals surface area contributed by atoms with Crippen LogP contribution in [0.4, 0.5) is 0 Å². The fourth-order valence-electron chi connectivity index (χ4n) is 2.45. The Labute approximate surface area is 115 Å². The van der Waals surface area contributed by atoms with Gasteiger partial charge in [0.2, 0.25) is 0 Å². The third-order valence-electron chi connectivity index (χ3n) is 3.47. The van der Waals surface area contributed by atoms with Crippen molar-refractivity contribution in [3.63, 3.8) is 0 Å². The zero-order valence-corrected chi connectivity index (χ0v) is 11.0. The molecular formula is C17H12N2O. The Morgan fingerprint density at radius 3 is 2.65 bits per heavy atom. The second kappa shape index (κ2) is 4.17. The van der Waals surface area contributed by atoms with Gasteiger partial charge in [-0.25, -0.2) is 0 Å². The number of hydrogen-bond acceptors (Lipinski definition) is 3. The summed E-state index contributed by atoms with van der Waals surface area (Å²) in [7, 11) is 0. The van der Waals surface area contributed by atoms with Gasteiger partial charge in [0.05, 0.1) is 11.3 Å². The topological polar surface area (TPSA) is 38.9 Å². The van der Waals surface area contributed by atoms with Gasteiger partial charge in [0.25, 0.3) is 0 Å². The molecule has 0 spiro atoms. The van der Waals surface area contributed by atoms with Gasteiger partial charge in [-0.05, 0) is 24.6 Å². The quantitative estimate of drug-likeness (QED) is 0.510. The zero-order valence-electron chi connectivity index (χ0n) is 11.0. The molecule has 0 saturated carbocycles. The van der Waals surface area contributed by atoms with Gasteiger partial charge < -0.3 is 4.42 Å². The highest BCUT2D eigenvalue weighted by Gasteiger charge is 2.12. The molecule has 0 unspecified atom stereocenters. The first-order valence-electron chi connectivity index (χ1n) is 6.51. The molecule has 0 saturated heterocycles. The van der Waals surface area contributed by atoms with E-state index in [0.717, 1.165) is 38.8 Å². The Hall–Kier alpha value is -2.68. The molecule has 3 nitrogen and oxygen atoms in total. The summed E-state index contributed by atoms with van der Waals surface area (Å²) in [4.78, 5) is 8.80. The molecule has 1 aromatic carbocycles. The molecule has 4 aromatic rings. The summed E-state index contributed by atoms with van der Waals surface area (Å²) in [5.41, 5.74) is 4.67. The summed E-state index contributed by atoms with van der Waals surface area (Å²) < 4.78 is 5.99. The average Bonchev–Trinajstić information content (AvgIpc) is 2.87. The first kappa shape index (κ1) is 11.2. The Morgan fingerprint density at radius 2 is 1.80 bits per heavy atom. The van der Waals surface area contributed by atoms with Gasteiger partial charge in [-0.2, -0.15) is 0 Å². The number of furan rings is 1. The van der Waals surface area contributed by atoms with Crippen LogP contribution in [0.5, 0.6) is 0 Å². The number of nitrogens with zero attached hydrogens (tertiary/aromatic N) is 2. The molecule has 3 heterocycles. The number of rotatable bonds is 1. The van der Waals surface area contributed by atoms with Crippen LogP contribution in [0.25, 0.3) is 33.2 Å². The number of benzene rings is 1. The lowest BCUT2D eigenvalue weighted by Crippen LogP contribution is -1.86. The Kier molecular flexibility index (Phi) is 2.33. The molecule has 0 aliphatic heterocycles. The smallest absolute Gasteiger partial charge is 0.147 e. The van der Waals surface area contributed by atoms with Crippen molar-refractivity contribution in [2.24, 2.45) is 0 Å². The fraction of sp³-hybridized carbons (Fsp3) is 0.0588. The first-order chi connectivity index (χ1) is 9.83. The average molecular weight is 260 g/mol. The van der Waals surface area contributed by atoms with Gasteiger partial charge >= 0.3 is 0 Å². The molecule has 20 heavy (non-hydrogen) atoms. The van der Waals surface area contributed by atoms with Crippen LogP contribution in [0.15, 0.2) is 59.4 Å². The molecule has 0 aliphatic carbocycles. The van der Waals surface area contributed by atoms with Crippen LogP contribution in [0.2, 0.25) is 0 Å². The normalized spacial score (nSPS) is 11.2. The van der Waals surface area contributed by atoms with Crippen LogP contribution in [0.1, 0.15) is 5.56 Å². The van der Waals surface area contributed by atoms with E-state index in [1.165, 1.54) is 0 Å². The van der Waals surface area contributed by atoms with E-state index in [9.17, 15) is 0 Å². The molecule has 0 N–H and O–H groups in total. The number of aryl methyl sites for hydroxylation is 1. The second-order valence-corrected chi connectivity index (χ2v) is 4.88. The van der Waals surface area contributed by atoms with Crippen LogP contribution >= 0.6 is 0 Å². The fourth-order valence-corrected chi connectivity index (χ4v) is 2.45. The van der Waals surface area contributed by atoms with E-state index in [-0.39, 0.29) is 0 Å². The van der Waals surface area contributed by atoms with E-state index in [1.807, 2.05) is 55.8 Å². The molecule has 0 radical (unpaired) electrons. The number of para-hydroxylation sites is 1. The lowest BCUT2D eigenvalue weighted by molar-refractivity contribution is 0.669. The summed E-state index contributed by atoms with van der Waals surface area (Å²) >= 11 is 0. The zero-order chi connectivity index (χ0) is 13.5. The van der Waals surface area contributed by atoms with E-state index in [1.54, 1.807) is 0 Å². The maximum atomic E-state index is 5.99. The number of aromatic nitrogens is 2. The molecule has 3 aromatic heterocycles. The van der Waals surface area contributed by atoms with Gasteiger partial charge in [0, 0.05) is 29.4 Å². The molecule has 0 fully saturated rings.